The van der Waals surface area contributed by atoms with E-state index in [1.807, 2.05) is 12.1 Å². The van der Waals surface area contributed by atoms with Crippen molar-refractivity contribution in [2.24, 2.45) is 0 Å². The summed E-state index contributed by atoms with van der Waals surface area (Å²) < 4.78 is 24.9. The second kappa shape index (κ2) is 11.8. The van der Waals surface area contributed by atoms with Gasteiger partial charge in [-0.1, -0.05) is 104 Å². The summed E-state index contributed by atoms with van der Waals surface area (Å²) in [5.41, 5.74) is 8.02. The summed E-state index contributed by atoms with van der Waals surface area (Å²) in [7, 11) is 0. The van der Waals surface area contributed by atoms with Crippen molar-refractivity contribution < 1.29 is 18.9 Å². The summed E-state index contributed by atoms with van der Waals surface area (Å²) in [5.74, 6) is 5.54. The molecule has 0 saturated heterocycles. The normalized spacial score (nSPS) is 12.2. The molecule has 4 aliphatic heterocycles. The van der Waals surface area contributed by atoms with Crippen molar-refractivity contribution in [3.8, 4) is 56.8 Å². The predicted molar refractivity (Wildman–Crippen MR) is 193 cm³/mol. The van der Waals surface area contributed by atoms with Crippen LogP contribution < -0.4 is 18.9 Å². The van der Waals surface area contributed by atoms with Crippen LogP contribution in [0.3, 0.4) is 0 Å². The van der Waals surface area contributed by atoms with Gasteiger partial charge in [0.2, 0.25) is 0 Å². The van der Waals surface area contributed by atoms with E-state index in [-0.39, 0.29) is 0 Å². The minimum atomic E-state index is 0.461. The zero-order chi connectivity index (χ0) is 32.0. The molecule has 0 unspecified atom stereocenters. The fraction of sp³-hybridized carbons (Fsp3) is 0.136. The average molecular weight is 627 g/mol. The van der Waals surface area contributed by atoms with Crippen LogP contribution in [0, 0.1) is 0 Å². The van der Waals surface area contributed by atoms with Crippen LogP contribution in [0.25, 0.3) is 43.8 Å². The Morgan fingerprint density at radius 3 is 1.56 bits per heavy atom. The number of ether oxygens (including phenoxy) is 4. The summed E-state index contributed by atoms with van der Waals surface area (Å²) in [6, 6.07) is 44.6. The topological polar surface area (TPSA) is 36.9 Å². The predicted octanol–water partition coefficient (Wildman–Crippen LogP) is 12.0. The molecule has 4 heterocycles. The third kappa shape index (κ3) is 5.01. The number of rotatable bonds is 11. The lowest BCUT2D eigenvalue weighted by atomic mass is 9.94. The maximum absolute atomic E-state index is 6.81. The summed E-state index contributed by atoms with van der Waals surface area (Å²) in [5, 5.41) is 4.33. The van der Waals surface area contributed by atoms with Crippen LogP contribution in [0.5, 0.6) is 34.5 Å². The molecule has 7 aromatic rings. The molecule has 0 N–H and O–H groups in total. The minimum absolute atomic E-state index is 0.461. The number of unbranched alkanes of at least 4 members (excludes halogenated alkanes) is 1. The Morgan fingerprint density at radius 2 is 1.04 bits per heavy atom. The first kappa shape index (κ1) is 28.5. The quantitative estimate of drug-likeness (QED) is 0.134. The van der Waals surface area contributed by atoms with Gasteiger partial charge in [0.15, 0.2) is 0 Å². The Labute approximate surface area is 280 Å². The molecule has 4 bridgehead atoms. The van der Waals surface area contributed by atoms with Crippen LogP contribution in [0.15, 0.2) is 127 Å². The summed E-state index contributed by atoms with van der Waals surface area (Å²) in [4.78, 5) is 0. The minimum Gasteiger partial charge on any atom is -0.488 e. The van der Waals surface area contributed by atoms with E-state index in [0.29, 0.717) is 13.2 Å². The largest absolute Gasteiger partial charge is 0.488 e. The molecule has 48 heavy (non-hydrogen) atoms. The van der Waals surface area contributed by atoms with E-state index in [2.05, 4.69) is 122 Å². The Bertz CT molecular complexity index is 2310. The molecule has 0 atom stereocenters. The lowest BCUT2D eigenvalue weighted by Crippen LogP contribution is -2.02. The molecule has 0 saturated carbocycles. The molecular weight excluding hydrogens is 592 g/mol. The van der Waals surface area contributed by atoms with Crippen molar-refractivity contribution in [3.05, 3.63) is 144 Å². The van der Waals surface area contributed by atoms with Gasteiger partial charge in [-0.15, -0.1) is 0 Å². The van der Waals surface area contributed by atoms with Crippen molar-refractivity contribution in [3.63, 3.8) is 0 Å². The van der Waals surface area contributed by atoms with Crippen LogP contribution >= 0.6 is 0 Å². The second-order valence-electron chi connectivity index (χ2n) is 12.6. The zero-order valence-corrected chi connectivity index (χ0v) is 26.8. The molecule has 7 aromatic carbocycles. The highest BCUT2D eigenvalue weighted by atomic mass is 16.5. The molecule has 0 amide bonds. The SMILES string of the molecule is CCCCc1cccc2c(OCc3ccc(-c4ccc5cc4O5)cc3)c3ccccc3c(OCc3ccc(-c4ccc5cc4O5)cc3)c12. The first-order valence-corrected chi connectivity index (χ1v) is 16.8. The smallest absolute Gasteiger partial charge is 0.138 e. The van der Waals surface area contributed by atoms with E-state index in [9.17, 15) is 0 Å². The average Bonchev–Trinajstić information content (AvgIpc) is 3.12. The first-order chi connectivity index (χ1) is 23.7. The number of hydrogen-bond donors (Lipinski definition) is 0. The van der Waals surface area contributed by atoms with Crippen LogP contribution in [0.4, 0.5) is 0 Å². The van der Waals surface area contributed by atoms with Crippen molar-refractivity contribution in [1.29, 1.82) is 0 Å². The summed E-state index contributed by atoms with van der Waals surface area (Å²) in [6.07, 6.45) is 3.21. The van der Waals surface area contributed by atoms with Crippen LogP contribution in [-0.4, -0.2) is 0 Å². The van der Waals surface area contributed by atoms with Gasteiger partial charge in [0, 0.05) is 44.8 Å². The second-order valence-corrected chi connectivity index (χ2v) is 12.6. The molecule has 0 radical (unpaired) electrons. The highest BCUT2D eigenvalue weighted by Gasteiger charge is 2.21. The van der Waals surface area contributed by atoms with E-state index in [1.54, 1.807) is 0 Å². The van der Waals surface area contributed by atoms with Gasteiger partial charge in [-0.05, 0) is 64.9 Å². The van der Waals surface area contributed by atoms with Gasteiger partial charge < -0.3 is 18.9 Å². The molecule has 0 fully saturated rings. The fourth-order valence-electron chi connectivity index (χ4n) is 6.89. The molecule has 0 aliphatic carbocycles. The van der Waals surface area contributed by atoms with Gasteiger partial charge in [0.25, 0.3) is 0 Å². The maximum atomic E-state index is 6.81. The van der Waals surface area contributed by atoms with Crippen molar-refractivity contribution >= 4 is 21.5 Å². The highest BCUT2D eigenvalue weighted by Crippen LogP contribution is 2.46. The Kier molecular flexibility index (Phi) is 7.01. The van der Waals surface area contributed by atoms with E-state index >= 15 is 0 Å². The lowest BCUT2D eigenvalue weighted by Gasteiger charge is -2.21. The van der Waals surface area contributed by atoms with Crippen molar-refractivity contribution in [1.82, 2.24) is 0 Å². The zero-order valence-electron chi connectivity index (χ0n) is 26.8. The van der Waals surface area contributed by atoms with Crippen LogP contribution in [0.2, 0.25) is 0 Å². The Hall–Kier alpha value is -5.74. The van der Waals surface area contributed by atoms with E-state index in [1.165, 1.54) is 5.56 Å². The summed E-state index contributed by atoms with van der Waals surface area (Å²) in [6.45, 7) is 3.16. The van der Waals surface area contributed by atoms with Crippen LogP contribution in [-0.2, 0) is 19.6 Å². The van der Waals surface area contributed by atoms with Gasteiger partial charge in [0.1, 0.15) is 47.7 Å². The van der Waals surface area contributed by atoms with Gasteiger partial charge >= 0.3 is 0 Å². The third-order valence-corrected chi connectivity index (χ3v) is 9.50. The summed E-state index contributed by atoms with van der Waals surface area (Å²) >= 11 is 0. The van der Waals surface area contributed by atoms with E-state index in [4.69, 9.17) is 18.9 Å². The Morgan fingerprint density at radius 1 is 0.521 bits per heavy atom. The standard InChI is InChI=1S/C44H34O4/c1-2-3-7-32-8-6-11-39-42(32)44(46-27-29-14-18-31(19-15-29)36-23-21-34-25-41(36)48-34)38-10-5-4-9-37(38)43(39)45-26-28-12-16-30(17-13-28)35-22-20-33-24-40(35)47-33/h4-6,8-25H,2-3,7,26-27H2,1H3. The molecule has 234 valence electrons. The van der Waals surface area contributed by atoms with E-state index < -0.39 is 0 Å². The fourth-order valence-corrected chi connectivity index (χ4v) is 6.89. The molecule has 0 spiro atoms. The highest BCUT2D eigenvalue weighted by molar-refractivity contribution is 6.12. The van der Waals surface area contributed by atoms with Crippen LogP contribution in [0.1, 0.15) is 36.5 Å². The number of hydrogen-bond acceptors (Lipinski definition) is 4. The molecule has 0 aromatic heterocycles. The van der Waals surface area contributed by atoms with Gasteiger partial charge in [0.05, 0.1) is 0 Å². The Balaban J connectivity index is 1.04. The molecule has 4 aliphatic rings. The molecule has 4 nitrogen and oxygen atoms in total. The molecule has 11 rings (SSSR count). The molecule has 4 heteroatoms. The number of aryl methyl sites for hydroxylation is 1. The lowest BCUT2D eigenvalue weighted by molar-refractivity contribution is 0.308. The van der Waals surface area contributed by atoms with Gasteiger partial charge in [-0.25, -0.2) is 0 Å². The third-order valence-electron chi connectivity index (χ3n) is 9.50. The van der Waals surface area contributed by atoms with Crippen molar-refractivity contribution in [2.45, 2.75) is 39.4 Å². The van der Waals surface area contributed by atoms with Gasteiger partial charge in [-0.3, -0.25) is 0 Å². The number of benzene rings is 7. The molecular formula is C44H34O4. The van der Waals surface area contributed by atoms with E-state index in [0.717, 1.165) is 109 Å². The van der Waals surface area contributed by atoms with Crippen molar-refractivity contribution in [2.75, 3.05) is 0 Å². The van der Waals surface area contributed by atoms with Gasteiger partial charge in [-0.2, -0.15) is 0 Å². The monoisotopic (exact) mass is 626 g/mol. The first-order valence-electron chi connectivity index (χ1n) is 16.8. The maximum Gasteiger partial charge on any atom is 0.138 e. The number of fused-ring (bicyclic) bond motifs is 6.